The van der Waals surface area contributed by atoms with Crippen LogP contribution in [0, 0.1) is 22.7 Å². The van der Waals surface area contributed by atoms with Crippen LogP contribution in [0.4, 0.5) is 0 Å². The number of hydrogen-bond donors (Lipinski definition) is 2. The molecule has 0 fully saturated rings. The van der Waals surface area contributed by atoms with Crippen LogP contribution in [0.2, 0.25) is 0 Å². The third-order valence-corrected chi connectivity index (χ3v) is 8.79. The highest BCUT2D eigenvalue weighted by Crippen LogP contribution is 2.42. The van der Waals surface area contributed by atoms with E-state index in [0.29, 0.717) is 11.8 Å². The maximum Gasteiger partial charge on any atom is 0.0729 e. The quantitative estimate of drug-likeness (QED) is 0.174. The summed E-state index contributed by atoms with van der Waals surface area (Å²) in [5, 5.41) is 20.2. The SMILES string of the molecule is CC1=C[C@H](O)CC(C)(C)[C@H]1/C=C/C(C)C=CC=CC/C(C)=C/C=C/C=C(C)/C=C/C=C(C)/C=C/C1=C(C)CC(O)CC1(C)C. The second-order valence-electron chi connectivity index (χ2n) is 14.5. The van der Waals surface area contributed by atoms with Crippen LogP contribution in [-0.4, -0.2) is 22.4 Å². The molecule has 2 nitrogen and oxygen atoms in total. The first-order valence-electron chi connectivity index (χ1n) is 16.4. The molecule has 44 heavy (non-hydrogen) atoms. The largest absolute Gasteiger partial charge is 0.393 e. The van der Waals surface area contributed by atoms with Gasteiger partial charge in [0.15, 0.2) is 0 Å². The molecule has 240 valence electrons. The number of aliphatic hydroxyl groups excluding tert-OH is 2. The molecule has 2 heteroatoms. The number of aliphatic hydroxyl groups is 2. The molecule has 4 atom stereocenters. The molecule has 2 rings (SSSR count). The lowest BCUT2D eigenvalue weighted by molar-refractivity contribution is 0.116. The van der Waals surface area contributed by atoms with Gasteiger partial charge in [-0.2, -0.15) is 0 Å². The maximum atomic E-state index is 10.1. The van der Waals surface area contributed by atoms with E-state index in [9.17, 15) is 10.2 Å². The van der Waals surface area contributed by atoms with Crippen molar-refractivity contribution in [3.63, 3.8) is 0 Å². The van der Waals surface area contributed by atoms with Gasteiger partial charge in [-0.05, 0) is 82.6 Å². The molecule has 2 unspecified atom stereocenters. The van der Waals surface area contributed by atoms with E-state index >= 15 is 0 Å². The summed E-state index contributed by atoms with van der Waals surface area (Å²) < 4.78 is 0. The van der Waals surface area contributed by atoms with Crippen LogP contribution in [0.15, 0.2) is 131 Å². The summed E-state index contributed by atoms with van der Waals surface area (Å²) in [6, 6.07) is 0. The Hall–Kier alpha value is -2.94. The van der Waals surface area contributed by atoms with Gasteiger partial charge in [-0.15, -0.1) is 0 Å². The number of allylic oxidation sites excluding steroid dienone is 20. The van der Waals surface area contributed by atoms with Crippen molar-refractivity contribution in [1.82, 2.24) is 0 Å². The molecule has 0 spiro atoms. The van der Waals surface area contributed by atoms with E-state index in [2.05, 4.69) is 160 Å². The summed E-state index contributed by atoms with van der Waals surface area (Å²) in [5.74, 6) is 0.738. The van der Waals surface area contributed by atoms with Crippen molar-refractivity contribution in [1.29, 1.82) is 0 Å². The van der Waals surface area contributed by atoms with Gasteiger partial charge in [-0.3, -0.25) is 0 Å². The molecule has 0 amide bonds. The fourth-order valence-corrected chi connectivity index (χ4v) is 6.44. The van der Waals surface area contributed by atoms with Gasteiger partial charge in [-0.25, -0.2) is 0 Å². The lowest BCUT2D eigenvalue weighted by Gasteiger charge is -2.38. The molecule has 0 heterocycles. The molecule has 2 aliphatic rings. The average Bonchev–Trinajstić information content (AvgIpc) is 2.88. The van der Waals surface area contributed by atoms with Crippen molar-refractivity contribution in [3.05, 3.63) is 131 Å². The second kappa shape index (κ2) is 17.5. The highest BCUT2D eigenvalue weighted by Gasteiger charge is 2.34. The molecule has 0 aromatic heterocycles. The lowest BCUT2D eigenvalue weighted by Crippen LogP contribution is -2.32. The van der Waals surface area contributed by atoms with E-state index in [0.717, 1.165) is 25.7 Å². The Morgan fingerprint density at radius 3 is 2.20 bits per heavy atom. The Kier molecular flexibility index (Phi) is 14.8. The summed E-state index contributed by atoms with van der Waals surface area (Å²) in [6.07, 6.45) is 37.4. The lowest BCUT2D eigenvalue weighted by atomic mass is 9.67. The van der Waals surface area contributed by atoms with Gasteiger partial charge in [0.25, 0.3) is 0 Å². The van der Waals surface area contributed by atoms with Gasteiger partial charge in [0.1, 0.15) is 0 Å². The minimum Gasteiger partial charge on any atom is -0.393 e. The first-order valence-corrected chi connectivity index (χ1v) is 16.4. The summed E-state index contributed by atoms with van der Waals surface area (Å²) in [4.78, 5) is 0. The van der Waals surface area contributed by atoms with E-state index in [1.165, 1.54) is 33.4 Å². The molecule has 0 aliphatic heterocycles. The Labute approximate surface area is 270 Å². The first-order chi connectivity index (χ1) is 20.6. The van der Waals surface area contributed by atoms with Crippen molar-refractivity contribution in [2.45, 2.75) is 107 Å². The number of hydrogen-bond acceptors (Lipinski definition) is 2. The standard InChI is InChI=1S/C42H60O2/c1-31(17-12-11-13-18-33(3)23-25-39-35(5)27-37(43)29-41(39,7)8)19-14-15-20-32(2)21-16-22-34(4)24-26-40-36(6)28-38(44)30-42(40,9)10/h11-16,18-27,33,37-39,43-44H,17,28-30H2,1-10H3/b12-11?,15-14+,18-13?,21-16+,25-23+,26-24+,31-19+,32-20+,34-22+/t33?,37-,38?,39-/m0/s1. The smallest absolute Gasteiger partial charge is 0.0729 e. The molecule has 2 aliphatic carbocycles. The third-order valence-electron chi connectivity index (χ3n) is 8.79. The van der Waals surface area contributed by atoms with Gasteiger partial charge >= 0.3 is 0 Å². The fourth-order valence-electron chi connectivity index (χ4n) is 6.44. The zero-order valence-electron chi connectivity index (χ0n) is 29.3. The molecule has 0 aromatic rings. The predicted molar refractivity (Wildman–Crippen MR) is 193 cm³/mol. The zero-order valence-corrected chi connectivity index (χ0v) is 29.3. The van der Waals surface area contributed by atoms with Crippen LogP contribution in [0.1, 0.15) is 94.9 Å². The first kappa shape index (κ1) is 37.2. The summed E-state index contributed by atoms with van der Waals surface area (Å²) in [6.45, 7) is 21.8. The maximum absolute atomic E-state index is 10.1. The van der Waals surface area contributed by atoms with Gasteiger partial charge in [0.05, 0.1) is 12.2 Å². The molecule has 0 aromatic carbocycles. The minimum atomic E-state index is -0.321. The van der Waals surface area contributed by atoms with Crippen LogP contribution in [0.5, 0.6) is 0 Å². The van der Waals surface area contributed by atoms with E-state index < -0.39 is 0 Å². The highest BCUT2D eigenvalue weighted by atomic mass is 16.3. The van der Waals surface area contributed by atoms with Crippen LogP contribution in [0.25, 0.3) is 0 Å². The van der Waals surface area contributed by atoms with E-state index in [4.69, 9.17) is 0 Å². The summed E-state index contributed by atoms with van der Waals surface area (Å²) in [5.41, 5.74) is 7.71. The normalized spacial score (nSPS) is 26.4. The van der Waals surface area contributed by atoms with E-state index in [1.54, 1.807) is 0 Å². The van der Waals surface area contributed by atoms with Crippen LogP contribution in [-0.2, 0) is 0 Å². The molecule has 2 N–H and O–H groups in total. The van der Waals surface area contributed by atoms with Crippen molar-refractivity contribution >= 4 is 0 Å². The molecule has 0 bridgehead atoms. The fraction of sp³-hybridized carbons (Fsp3) is 0.476. The molecular weight excluding hydrogens is 536 g/mol. The summed E-state index contributed by atoms with van der Waals surface area (Å²) in [7, 11) is 0. The van der Waals surface area contributed by atoms with E-state index in [-0.39, 0.29) is 23.0 Å². The average molecular weight is 597 g/mol. The minimum absolute atomic E-state index is 0.00748. The molecule has 0 saturated heterocycles. The van der Waals surface area contributed by atoms with Gasteiger partial charge in [-0.1, -0.05) is 160 Å². The summed E-state index contributed by atoms with van der Waals surface area (Å²) >= 11 is 0. The third kappa shape index (κ3) is 13.0. The highest BCUT2D eigenvalue weighted by molar-refractivity contribution is 5.38. The Morgan fingerprint density at radius 2 is 1.52 bits per heavy atom. The van der Waals surface area contributed by atoms with Crippen LogP contribution < -0.4 is 0 Å². The van der Waals surface area contributed by atoms with Crippen LogP contribution >= 0.6 is 0 Å². The Balaban J connectivity index is 1.80. The van der Waals surface area contributed by atoms with E-state index in [1.807, 2.05) is 6.08 Å². The predicted octanol–water partition coefficient (Wildman–Crippen LogP) is 11.0. The molecule has 0 radical (unpaired) electrons. The van der Waals surface area contributed by atoms with Crippen molar-refractivity contribution < 1.29 is 10.2 Å². The molecule has 0 saturated carbocycles. The van der Waals surface area contributed by atoms with Gasteiger partial charge in [0, 0.05) is 5.92 Å². The van der Waals surface area contributed by atoms with Gasteiger partial charge < -0.3 is 10.2 Å². The van der Waals surface area contributed by atoms with Crippen molar-refractivity contribution in [2.75, 3.05) is 0 Å². The molecular formula is C42H60O2. The van der Waals surface area contributed by atoms with Crippen LogP contribution in [0.3, 0.4) is 0 Å². The second-order valence-corrected chi connectivity index (χ2v) is 14.5. The van der Waals surface area contributed by atoms with Crippen molar-refractivity contribution in [2.24, 2.45) is 22.7 Å². The van der Waals surface area contributed by atoms with Crippen molar-refractivity contribution in [3.8, 4) is 0 Å². The Bertz CT molecular complexity index is 1290. The monoisotopic (exact) mass is 596 g/mol. The van der Waals surface area contributed by atoms with Gasteiger partial charge in [0.2, 0.25) is 0 Å². The number of rotatable bonds is 12. The Morgan fingerprint density at radius 1 is 0.864 bits per heavy atom. The topological polar surface area (TPSA) is 40.5 Å². The zero-order chi connectivity index (χ0) is 32.9.